The van der Waals surface area contributed by atoms with E-state index < -0.39 is 11.5 Å². The van der Waals surface area contributed by atoms with Gasteiger partial charge in [-0.2, -0.15) is 0 Å². The van der Waals surface area contributed by atoms with Crippen LogP contribution < -0.4 is 11.4 Å². The van der Waals surface area contributed by atoms with E-state index in [1.54, 1.807) is 0 Å². The minimum Gasteiger partial charge on any atom is -0.449 e. The highest BCUT2D eigenvalue weighted by Crippen LogP contribution is 2.13. The molecule has 0 saturated carbocycles. The average Bonchev–Trinajstić information content (AvgIpc) is 2.94. The Kier molecular flexibility index (Phi) is 2.88. The Hall–Kier alpha value is -2.57. The number of aryl methyl sites for hydroxylation is 1. The Morgan fingerprint density at radius 1 is 1.39 bits per heavy atom. The molecule has 0 aliphatic rings. The number of carbonyl (C=O) groups excluding carboxylic acids is 1. The summed E-state index contributed by atoms with van der Waals surface area (Å²) in [5.74, 6) is -0.551. The topological polar surface area (TPSA) is 129 Å². The fourth-order valence-corrected chi connectivity index (χ4v) is 1.61. The smallest absolute Gasteiger partial charge is 0.323 e. The molecule has 94 valence electrons. The molecule has 2 rings (SSSR count). The fourth-order valence-electron chi connectivity index (χ4n) is 1.61. The van der Waals surface area contributed by atoms with Crippen LogP contribution in [0.2, 0.25) is 0 Å². The predicted octanol–water partition coefficient (Wildman–Crippen LogP) is 0.373. The lowest BCUT2D eigenvalue weighted by Crippen LogP contribution is -2.10. The summed E-state index contributed by atoms with van der Waals surface area (Å²) < 4.78 is 5.14. The van der Waals surface area contributed by atoms with Gasteiger partial charge in [0.25, 0.3) is 0 Å². The Morgan fingerprint density at radius 2 is 2.06 bits per heavy atom. The number of aromatic amines is 2. The molecule has 0 bridgehead atoms. The number of ketones is 1. The number of amidine groups is 1. The molecule has 0 saturated heterocycles. The van der Waals surface area contributed by atoms with Crippen molar-refractivity contribution in [1.29, 1.82) is 5.41 Å². The Bertz CT molecular complexity index is 662. The van der Waals surface area contributed by atoms with Crippen molar-refractivity contribution in [3.63, 3.8) is 0 Å². The molecule has 0 aliphatic heterocycles. The van der Waals surface area contributed by atoms with E-state index in [4.69, 9.17) is 15.6 Å². The van der Waals surface area contributed by atoms with Gasteiger partial charge in [0.2, 0.25) is 5.78 Å². The molecule has 7 nitrogen and oxygen atoms in total. The van der Waals surface area contributed by atoms with Crippen LogP contribution in [0.4, 0.5) is 0 Å². The van der Waals surface area contributed by atoms with Crippen LogP contribution in [0, 0.1) is 5.41 Å². The molecule has 2 heterocycles. The molecule has 18 heavy (non-hydrogen) atoms. The number of imidazole rings is 1. The van der Waals surface area contributed by atoms with Crippen LogP contribution in [0.5, 0.6) is 0 Å². The molecule has 2 aromatic heterocycles. The summed E-state index contributed by atoms with van der Waals surface area (Å²) in [5.41, 5.74) is 5.50. The highest BCUT2D eigenvalue weighted by Gasteiger charge is 2.19. The van der Waals surface area contributed by atoms with Gasteiger partial charge in [0.15, 0.2) is 17.4 Å². The highest BCUT2D eigenvalue weighted by molar-refractivity contribution is 6.07. The van der Waals surface area contributed by atoms with Gasteiger partial charge in [-0.3, -0.25) is 10.2 Å². The molecule has 0 atom stereocenters. The number of rotatable bonds is 4. The average molecular weight is 248 g/mol. The summed E-state index contributed by atoms with van der Waals surface area (Å²) in [7, 11) is 0. The number of nitrogen functional groups attached to an aromatic ring is 1. The minimum atomic E-state index is -0.447. The normalized spacial score (nSPS) is 10.5. The largest absolute Gasteiger partial charge is 0.449 e. The second-order valence-corrected chi connectivity index (χ2v) is 3.69. The van der Waals surface area contributed by atoms with Crippen LogP contribution >= 0.6 is 0 Å². The van der Waals surface area contributed by atoms with Crippen LogP contribution in [0.3, 0.4) is 0 Å². The molecule has 5 N–H and O–H groups in total. The molecule has 2 aromatic rings. The summed E-state index contributed by atoms with van der Waals surface area (Å²) in [4.78, 5) is 28.2. The Balaban J connectivity index is 2.41. The van der Waals surface area contributed by atoms with Crippen molar-refractivity contribution in [2.75, 3.05) is 0 Å². The molecule has 0 amide bonds. The van der Waals surface area contributed by atoms with Gasteiger partial charge in [0, 0.05) is 5.69 Å². The molecular weight excluding hydrogens is 236 g/mol. The van der Waals surface area contributed by atoms with Crippen molar-refractivity contribution in [1.82, 2.24) is 9.97 Å². The van der Waals surface area contributed by atoms with Gasteiger partial charge in [-0.05, 0) is 18.6 Å². The SMILES string of the molecule is CCc1[nH]c(=O)[nH]c1C(=O)c1ccc(C(=N)N)o1. The van der Waals surface area contributed by atoms with E-state index in [1.165, 1.54) is 12.1 Å². The zero-order valence-electron chi connectivity index (χ0n) is 9.66. The van der Waals surface area contributed by atoms with E-state index in [0.29, 0.717) is 12.1 Å². The quantitative estimate of drug-likeness (QED) is 0.354. The first-order valence-corrected chi connectivity index (χ1v) is 5.33. The summed E-state index contributed by atoms with van der Waals surface area (Å²) in [6, 6.07) is 2.86. The molecule has 0 fully saturated rings. The number of hydrogen-bond acceptors (Lipinski definition) is 4. The third-order valence-corrected chi connectivity index (χ3v) is 2.48. The van der Waals surface area contributed by atoms with Crippen LogP contribution in [0.15, 0.2) is 21.3 Å². The lowest BCUT2D eigenvalue weighted by Gasteiger charge is -1.97. The van der Waals surface area contributed by atoms with Crippen molar-refractivity contribution >= 4 is 11.6 Å². The molecule has 0 aromatic carbocycles. The van der Waals surface area contributed by atoms with Crippen molar-refractivity contribution in [3.05, 3.63) is 45.5 Å². The van der Waals surface area contributed by atoms with Crippen molar-refractivity contribution in [2.24, 2.45) is 5.73 Å². The van der Waals surface area contributed by atoms with E-state index in [9.17, 15) is 9.59 Å². The molecule has 0 radical (unpaired) electrons. The Morgan fingerprint density at radius 3 is 2.61 bits per heavy atom. The maximum Gasteiger partial charge on any atom is 0.323 e. The van der Waals surface area contributed by atoms with Crippen LogP contribution in [-0.4, -0.2) is 21.6 Å². The minimum absolute atomic E-state index is 0.0325. The summed E-state index contributed by atoms with van der Waals surface area (Å²) in [6.07, 6.45) is 0.514. The number of aromatic nitrogens is 2. The zero-order valence-corrected chi connectivity index (χ0v) is 9.66. The number of nitrogens with two attached hydrogens (primary N) is 1. The second kappa shape index (κ2) is 4.36. The van der Waals surface area contributed by atoms with Gasteiger partial charge in [0.05, 0.1) is 0 Å². The Labute approximate surface area is 102 Å². The van der Waals surface area contributed by atoms with Crippen molar-refractivity contribution < 1.29 is 9.21 Å². The van der Waals surface area contributed by atoms with Gasteiger partial charge in [-0.1, -0.05) is 6.92 Å². The van der Waals surface area contributed by atoms with Gasteiger partial charge >= 0.3 is 5.69 Å². The number of nitrogens with one attached hydrogen (secondary N) is 3. The van der Waals surface area contributed by atoms with E-state index >= 15 is 0 Å². The number of carbonyl (C=O) groups is 1. The van der Waals surface area contributed by atoms with Gasteiger partial charge in [0.1, 0.15) is 5.69 Å². The first kappa shape index (κ1) is 11.9. The van der Waals surface area contributed by atoms with E-state index in [-0.39, 0.29) is 23.1 Å². The number of furan rings is 1. The summed E-state index contributed by atoms with van der Waals surface area (Å²) in [5, 5.41) is 7.19. The third-order valence-electron chi connectivity index (χ3n) is 2.48. The predicted molar refractivity (Wildman–Crippen MR) is 63.9 cm³/mol. The van der Waals surface area contributed by atoms with Gasteiger partial charge in [-0.25, -0.2) is 4.79 Å². The number of hydrogen-bond donors (Lipinski definition) is 4. The summed E-state index contributed by atoms with van der Waals surface area (Å²) >= 11 is 0. The van der Waals surface area contributed by atoms with Crippen LogP contribution in [-0.2, 0) is 6.42 Å². The molecule has 7 heteroatoms. The molecule has 0 spiro atoms. The molecule has 0 aliphatic carbocycles. The van der Waals surface area contributed by atoms with E-state index in [1.807, 2.05) is 6.92 Å². The molecular formula is C11H12N4O3. The second-order valence-electron chi connectivity index (χ2n) is 3.69. The lowest BCUT2D eigenvalue weighted by molar-refractivity contribution is 0.100. The van der Waals surface area contributed by atoms with Crippen molar-refractivity contribution in [2.45, 2.75) is 13.3 Å². The van der Waals surface area contributed by atoms with E-state index in [2.05, 4.69) is 9.97 Å². The first-order valence-electron chi connectivity index (χ1n) is 5.33. The maximum atomic E-state index is 12.1. The van der Waals surface area contributed by atoms with Crippen molar-refractivity contribution in [3.8, 4) is 0 Å². The number of H-pyrrole nitrogens is 2. The standard InChI is InChI=1S/C11H12N4O3/c1-2-5-8(15-11(17)14-5)9(16)6-3-4-7(18-6)10(12)13/h3-4H,2H2,1H3,(H3,12,13)(H2,14,15,17). The zero-order chi connectivity index (χ0) is 13.3. The molecule has 0 unspecified atom stereocenters. The first-order chi connectivity index (χ1) is 8.52. The van der Waals surface area contributed by atoms with Crippen LogP contribution in [0.1, 0.15) is 34.6 Å². The summed E-state index contributed by atoms with van der Waals surface area (Å²) in [6.45, 7) is 1.82. The van der Waals surface area contributed by atoms with Gasteiger partial charge in [-0.15, -0.1) is 0 Å². The van der Waals surface area contributed by atoms with Crippen LogP contribution in [0.25, 0.3) is 0 Å². The van der Waals surface area contributed by atoms with E-state index in [0.717, 1.165) is 0 Å². The third kappa shape index (κ3) is 1.97. The fraction of sp³-hybridized carbons (Fsp3) is 0.182. The monoisotopic (exact) mass is 248 g/mol. The maximum absolute atomic E-state index is 12.1. The van der Waals surface area contributed by atoms with Gasteiger partial charge < -0.3 is 20.1 Å². The highest BCUT2D eigenvalue weighted by atomic mass is 16.3. The lowest BCUT2D eigenvalue weighted by atomic mass is 10.1.